The largest absolute Gasteiger partial charge is 0.478 e. The first-order valence-electron chi connectivity index (χ1n) is 8.88. The van der Waals surface area contributed by atoms with Gasteiger partial charge in [-0.25, -0.2) is 14.8 Å². The van der Waals surface area contributed by atoms with Crippen molar-refractivity contribution in [3.63, 3.8) is 0 Å². The first-order chi connectivity index (χ1) is 12.0. The fourth-order valence-electron chi connectivity index (χ4n) is 3.55. The number of hydrogen-bond donors (Lipinski definition) is 1. The Balaban J connectivity index is 1.98. The number of aromatic nitrogens is 2. The minimum absolute atomic E-state index is 0.277. The van der Waals surface area contributed by atoms with Gasteiger partial charge in [0.15, 0.2) is 0 Å². The summed E-state index contributed by atoms with van der Waals surface area (Å²) in [5.74, 6) is 0.125. The van der Waals surface area contributed by atoms with Crippen LogP contribution in [0.15, 0.2) is 30.3 Å². The number of aromatic carboxylic acids is 1. The van der Waals surface area contributed by atoms with E-state index in [2.05, 4.69) is 28.7 Å². The number of hydrogen-bond acceptors (Lipinski definition) is 4. The zero-order valence-corrected chi connectivity index (χ0v) is 15.1. The molecule has 3 rings (SSSR count). The number of benzene rings is 1. The Morgan fingerprint density at radius 2 is 2.04 bits per heavy atom. The maximum atomic E-state index is 11.5. The lowest BCUT2D eigenvalue weighted by molar-refractivity contribution is 0.0697. The van der Waals surface area contributed by atoms with Gasteiger partial charge in [-0.1, -0.05) is 18.2 Å². The van der Waals surface area contributed by atoms with Crippen molar-refractivity contribution in [3.8, 4) is 11.3 Å². The lowest BCUT2D eigenvalue weighted by Gasteiger charge is -2.35. The summed E-state index contributed by atoms with van der Waals surface area (Å²) in [6.45, 7) is 8.45. The highest BCUT2D eigenvalue weighted by Gasteiger charge is 2.25. The van der Waals surface area contributed by atoms with E-state index < -0.39 is 5.97 Å². The monoisotopic (exact) mass is 339 g/mol. The van der Waals surface area contributed by atoms with Crippen LogP contribution in [0.3, 0.4) is 0 Å². The molecule has 1 fully saturated rings. The molecule has 1 saturated heterocycles. The summed E-state index contributed by atoms with van der Waals surface area (Å²) in [5.41, 5.74) is 2.65. The van der Waals surface area contributed by atoms with Crippen LogP contribution in [0.5, 0.6) is 0 Å². The van der Waals surface area contributed by atoms with Crippen LogP contribution < -0.4 is 0 Å². The number of likely N-dealkylation sites (tertiary alicyclic amines) is 1. The Kier molecular flexibility index (Phi) is 5.13. The molecule has 2 aromatic rings. The van der Waals surface area contributed by atoms with Gasteiger partial charge in [-0.2, -0.15) is 0 Å². The van der Waals surface area contributed by atoms with Crippen LogP contribution in [-0.4, -0.2) is 45.1 Å². The standard InChI is InChI=1S/C20H25N3O2/c1-13(2)23-10-6-7-15(12-23)18-11-19(22-14(3)21-18)16-8-4-5-9-17(16)20(24)25/h4-5,8-9,11,13,15H,6-7,10,12H2,1-3H3,(H,24,25)/t15-/m0/s1. The average molecular weight is 339 g/mol. The van der Waals surface area contributed by atoms with E-state index in [4.69, 9.17) is 0 Å². The van der Waals surface area contributed by atoms with Crippen LogP contribution >= 0.6 is 0 Å². The summed E-state index contributed by atoms with van der Waals surface area (Å²) in [4.78, 5) is 23.2. The average Bonchev–Trinajstić information content (AvgIpc) is 2.61. The number of rotatable bonds is 4. The Morgan fingerprint density at radius 3 is 2.76 bits per heavy atom. The van der Waals surface area contributed by atoms with Crippen molar-refractivity contribution in [3.05, 3.63) is 47.4 Å². The Bertz CT molecular complexity index is 773. The Labute approximate surface area is 148 Å². The second-order valence-corrected chi connectivity index (χ2v) is 7.00. The van der Waals surface area contributed by atoms with Gasteiger partial charge in [-0.3, -0.25) is 0 Å². The number of piperidine rings is 1. The highest BCUT2D eigenvalue weighted by molar-refractivity contribution is 5.95. The predicted molar refractivity (Wildman–Crippen MR) is 97.8 cm³/mol. The van der Waals surface area contributed by atoms with E-state index in [1.807, 2.05) is 25.1 Å². The van der Waals surface area contributed by atoms with Gasteiger partial charge in [-0.05, 0) is 52.3 Å². The third kappa shape index (κ3) is 3.87. The molecule has 5 nitrogen and oxygen atoms in total. The SMILES string of the molecule is Cc1nc(-c2ccccc2C(=O)O)cc([C@H]2CCCN(C(C)C)C2)n1. The lowest BCUT2D eigenvalue weighted by Crippen LogP contribution is -2.39. The molecular formula is C20H25N3O2. The molecule has 0 unspecified atom stereocenters. The molecule has 1 aliphatic rings. The summed E-state index contributed by atoms with van der Waals surface area (Å²) in [6, 6.07) is 9.52. The predicted octanol–water partition coefficient (Wildman–Crippen LogP) is 3.74. The first-order valence-corrected chi connectivity index (χ1v) is 8.88. The van der Waals surface area contributed by atoms with Gasteiger partial charge in [0.2, 0.25) is 0 Å². The summed E-state index contributed by atoms with van der Waals surface area (Å²) >= 11 is 0. The summed E-state index contributed by atoms with van der Waals surface area (Å²) < 4.78 is 0. The van der Waals surface area contributed by atoms with Crippen molar-refractivity contribution < 1.29 is 9.90 Å². The van der Waals surface area contributed by atoms with Crippen molar-refractivity contribution in [1.82, 2.24) is 14.9 Å². The molecule has 0 amide bonds. The molecule has 0 aliphatic carbocycles. The van der Waals surface area contributed by atoms with E-state index in [0.29, 0.717) is 29.0 Å². The number of carbonyl (C=O) groups is 1. The summed E-state index contributed by atoms with van der Waals surface area (Å²) in [7, 11) is 0. The lowest BCUT2D eigenvalue weighted by atomic mass is 9.92. The van der Waals surface area contributed by atoms with Crippen molar-refractivity contribution in [2.45, 2.75) is 45.6 Å². The maximum absolute atomic E-state index is 11.5. The molecule has 1 aromatic carbocycles. The van der Waals surface area contributed by atoms with Gasteiger partial charge in [0, 0.05) is 29.8 Å². The molecule has 1 atom stereocenters. The van der Waals surface area contributed by atoms with Crippen LogP contribution in [0.4, 0.5) is 0 Å². The minimum atomic E-state index is -0.933. The van der Waals surface area contributed by atoms with Crippen molar-refractivity contribution in [2.24, 2.45) is 0 Å². The van der Waals surface area contributed by atoms with Gasteiger partial charge >= 0.3 is 5.97 Å². The van der Waals surface area contributed by atoms with E-state index >= 15 is 0 Å². The molecule has 1 aliphatic heterocycles. The molecule has 0 radical (unpaired) electrons. The summed E-state index contributed by atoms with van der Waals surface area (Å²) in [6.07, 6.45) is 2.27. The molecule has 0 saturated carbocycles. The van der Waals surface area contributed by atoms with Gasteiger partial charge in [-0.15, -0.1) is 0 Å². The maximum Gasteiger partial charge on any atom is 0.336 e. The second-order valence-electron chi connectivity index (χ2n) is 7.00. The molecule has 25 heavy (non-hydrogen) atoms. The van der Waals surface area contributed by atoms with Gasteiger partial charge in [0.05, 0.1) is 11.3 Å². The van der Waals surface area contributed by atoms with E-state index in [1.54, 1.807) is 12.1 Å². The number of carboxylic acid groups (broad SMARTS) is 1. The van der Waals surface area contributed by atoms with Crippen LogP contribution in [0.1, 0.15) is 54.5 Å². The molecule has 2 heterocycles. The topological polar surface area (TPSA) is 66.3 Å². The molecule has 5 heteroatoms. The highest BCUT2D eigenvalue weighted by atomic mass is 16.4. The van der Waals surface area contributed by atoms with Crippen molar-refractivity contribution >= 4 is 5.97 Å². The molecular weight excluding hydrogens is 314 g/mol. The Hall–Kier alpha value is -2.27. The van der Waals surface area contributed by atoms with E-state index in [-0.39, 0.29) is 5.56 Å². The van der Waals surface area contributed by atoms with Crippen molar-refractivity contribution in [1.29, 1.82) is 0 Å². The molecule has 132 valence electrons. The number of nitrogens with zero attached hydrogens (tertiary/aromatic N) is 3. The third-order valence-corrected chi connectivity index (χ3v) is 4.89. The van der Waals surface area contributed by atoms with Crippen molar-refractivity contribution in [2.75, 3.05) is 13.1 Å². The minimum Gasteiger partial charge on any atom is -0.478 e. The van der Waals surface area contributed by atoms with Gasteiger partial charge in [0.25, 0.3) is 0 Å². The van der Waals surface area contributed by atoms with E-state index in [9.17, 15) is 9.90 Å². The molecule has 1 aromatic heterocycles. The first kappa shape index (κ1) is 17.5. The second kappa shape index (κ2) is 7.31. The fraction of sp³-hybridized carbons (Fsp3) is 0.450. The zero-order chi connectivity index (χ0) is 18.0. The number of carboxylic acids is 1. The third-order valence-electron chi connectivity index (χ3n) is 4.89. The van der Waals surface area contributed by atoms with Crippen LogP contribution in [0.2, 0.25) is 0 Å². The van der Waals surface area contributed by atoms with Gasteiger partial charge in [0.1, 0.15) is 5.82 Å². The fourth-order valence-corrected chi connectivity index (χ4v) is 3.55. The normalized spacial score (nSPS) is 18.5. The highest BCUT2D eigenvalue weighted by Crippen LogP contribution is 2.30. The molecule has 0 bridgehead atoms. The Morgan fingerprint density at radius 1 is 1.28 bits per heavy atom. The molecule has 0 spiro atoms. The summed E-state index contributed by atoms with van der Waals surface area (Å²) in [5, 5.41) is 9.46. The zero-order valence-electron chi connectivity index (χ0n) is 15.1. The smallest absolute Gasteiger partial charge is 0.336 e. The quantitative estimate of drug-likeness (QED) is 0.919. The van der Waals surface area contributed by atoms with Crippen LogP contribution in [0, 0.1) is 6.92 Å². The van der Waals surface area contributed by atoms with Crippen LogP contribution in [0.25, 0.3) is 11.3 Å². The van der Waals surface area contributed by atoms with Crippen LogP contribution in [-0.2, 0) is 0 Å². The van der Waals surface area contributed by atoms with E-state index in [1.165, 1.54) is 0 Å². The number of aryl methyl sites for hydroxylation is 1. The molecule has 1 N–H and O–H groups in total. The van der Waals surface area contributed by atoms with Gasteiger partial charge < -0.3 is 10.0 Å². The van der Waals surface area contributed by atoms with E-state index in [0.717, 1.165) is 31.6 Å².